The number of carbonyl (C=O) groups excluding carboxylic acids is 1. The van der Waals surface area contributed by atoms with E-state index in [9.17, 15) is 4.79 Å². The Hall–Kier alpha value is -1.55. The first kappa shape index (κ1) is 17.5. The van der Waals surface area contributed by atoms with E-state index in [4.69, 9.17) is 10.5 Å². The summed E-state index contributed by atoms with van der Waals surface area (Å²) >= 11 is 0. The third kappa shape index (κ3) is 5.38. The molecule has 0 aromatic heterocycles. The van der Waals surface area contributed by atoms with Crippen molar-refractivity contribution in [2.24, 2.45) is 5.73 Å². The second-order valence-corrected chi connectivity index (χ2v) is 5.79. The van der Waals surface area contributed by atoms with Crippen molar-refractivity contribution in [1.82, 2.24) is 5.32 Å². The molecular weight excluding hydrogens is 264 g/mol. The number of amides is 1. The number of rotatable bonds is 7. The molecule has 3 atom stereocenters. The summed E-state index contributed by atoms with van der Waals surface area (Å²) in [5.41, 5.74) is 7.96. The van der Waals surface area contributed by atoms with E-state index in [0.29, 0.717) is 5.75 Å². The van der Waals surface area contributed by atoms with Crippen LogP contribution in [0.2, 0.25) is 0 Å². The number of carbonyl (C=O) groups is 1. The van der Waals surface area contributed by atoms with E-state index in [1.54, 1.807) is 6.92 Å². The van der Waals surface area contributed by atoms with Gasteiger partial charge in [-0.15, -0.1) is 0 Å². The van der Waals surface area contributed by atoms with Gasteiger partial charge in [-0.3, -0.25) is 4.79 Å². The molecule has 4 heteroatoms. The molecule has 1 aromatic carbocycles. The van der Waals surface area contributed by atoms with Crippen molar-refractivity contribution in [3.63, 3.8) is 0 Å². The molecule has 0 radical (unpaired) electrons. The maximum Gasteiger partial charge on any atom is 0.260 e. The molecule has 0 saturated heterocycles. The fourth-order valence-corrected chi connectivity index (χ4v) is 2.23. The predicted molar refractivity (Wildman–Crippen MR) is 86.4 cm³/mol. The third-order valence-corrected chi connectivity index (χ3v) is 3.44. The van der Waals surface area contributed by atoms with Crippen LogP contribution in [-0.4, -0.2) is 18.1 Å². The van der Waals surface area contributed by atoms with Gasteiger partial charge in [0.15, 0.2) is 6.10 Å². The van der Waals surface area contributed by atoms with Gasteiger partial charge in [0.25, 0.3) is 5.91 Å². The second kappa shape index (κ2) is 8.03. The summed E-state index contributed by atoms with van der Waals surface area (Å²) < 4.78 is 5.84. The monoisotopic (exact) mass is 292 g/mol. The van der Waals surface area contributed by atoms with Crippen LogP contribution in [0.15, 0.2) is 18.2 Å². The number of hydrogen-bond donors (Lipinski definition) is 2. The summed E-state index contributed by atoms with van der Waals surface area (Å²) in [5.74, 6) is 0.601. The Bertz CT molecular complexity index is 472. The van der Waals surface area contributed by atoms with Gasteiger partial charge >= 0.3 is 0 Å². The second-order valence-electron chi connectivity index (χ2n) is 5.79. The summed E-state index contributed by atoms with van der Waals surface area (Å²) in [6, 6.07) is 5.92. The van der Waals surface area contributed by atoms with Crippen LogP contribution in [0.5, 0.6) is 5.75 Å². The summed E-state index contributed by atoms with van der Waals surface area (Å²) in [6.45, 7) is 9.77. The lowest BCUT2D eigenvalue weighted by molar-refractivity contribution is -0.127. The number of nitrogens with one attached hydrogen (secondary N) is 1. The van der Waals surface area contributed by atoms with E-state index in [1.807, 2.05) is 39.0 Å². The van der Waals surface area contributed by atoms with Gasteiger partial charge in [-0.25, -0.2) is 0 Å². The molecule has 0 aliphatic heterocycles. The molecule has 1 rings (SSSR count). The van der Waals surface area contributed by atoms with E-state index < -0.39 is 6.10 Å². The summed E-state index contributed by atoms with van der Waals surface area (Å²) in [6.07, 6.45) is 1.47. The molecule has 0 aliphatic carbocycles. The molecule has 0 spiro atoms. The fourth-order valence-electron chi connectivity index (χ4n) is 2.23. The van der Waals surface area contributed by atoms with Crippen molar-refractivity contribution in [3.05, 3.63) is 29.3 Å². The average molecular weight is 292 g/mol. The highest BCUT2D eigenvalue weighted by molar-refractivity contribution is 5.81. The Morgan fingerprint density at radius 2 is 2.00 bits per heavy atom. The summed E-state index contributed by atoms with van der Waals surface area (Å²) in [4.78, 5) is 12.1. The van der Waals surface area contributed by atoms with Crippen molar-refractivity contribution in [2.45, 2.75) is 65.6 Å². The van der Waals surface area contributed by atoms with Crippen LogP contribution < -0.4 is 15.8 Å². The molecule has 118 valence electrons. The lowest BCUT2D eigenvalue weighted by Crippen LogP contribution is -2.41. The molecule has 0 bridgehead atoms. The van der Waals surface area contributed by atoms with Crippen molar-refractivity contribution in [1.29, 1.82) is 0 Å². The quantitative estimate of drug-likeness (QED) is 0.811. The smallest absolute Gasteiger partial charge is 0.260 e. The van der Waals surface area contributed by atoms with Crippen molar-refractivity contribution < 1.29 is 9.53 Å². The van der Waals surface area contributed by atoms with Crippen LogP contribution in [0.1, 0.15) is 57.7 Å². The topological polar surface area (TPSA) is 64.3 Å². The van der Waals surface area contributed by atoms with Gasteiger partial charge in [0.2, 0.25) is 0 Å². The molecule has 21 heavy (non-hydrogen) atoms. The molecule has 1 aromatic rings. The molecule has 2 unspecified atom stereocenters. The zero-order valence-electron chi connectivity index (χ0n) is 13.8. The first-order valence-electron chi connectivity index (χ1n) is 7.68. The number of ether oxygens (including phenoxy) is 1. The average Bonchev–Trinajstić information content (AvgIpc) is 2.38. The van der Waals surface area contributed by atoms with Gasteiger partial charge < -0.3 is 15.8 Å². The van der Waals surface area contributed by atoms with Crippen molar-refractivity contribution in [2.75, 3.05) is 0 Å². The Morgan fingerprint density at radius 3 is 2.57 bits per heavy atom. The van der Waals surface area contributed by atoms with Crippen LogP contribution >= 0.6 is 0 Å². The number of benzene rings is 1. The van der Waals surface area contributed by atoms with E-state index >= 15 is 0 Å². The van der Waals surface area contributed by atoms with Crippen LogP contribution in [0.3, 0.4) is 0 Å². The Labute approximate surface area is 128 Å². The first-order valence-corrected chi connectivity index (χ1v) is 7.68. The molecule has 4 nitrogen and oxygen atoms in total. The van der Waals surface area contributed by atoms with Gasteiger partial charge in [-0.1, -0.05) is 25.5 Å². The SMILES string of the molecule is CCCC(C)NC(=O)C(C)Oc1cc(C)ccc1[C@@H](C)N. The van der Waals surface area contributed by atoms with Crippen LogP contribution in [0, 0.1) is 6.92 Å². The van der Waals surface area contributed by atoms with Gasteiger partial charge in [0.1, 0.15) is 5.75 Å². The van der Waals surface area contributed by atoms with Gasteiger partial charge in [0, 0.05) is 17.6 Å². The highest BCUT2D eigenvalue weighted by Crippen LogP contribution is 2.26. The number of nitrogens with two attached hydrogens (primary N) is 1. The minimum atomic E-state index is -0.538. The lowest BCUT2D eigenvalue weighted by atomic mass is 10.1. The lowest BCUT2D eigenvalue weighted by Gasteiger charge is -2.21. The Balaban J connectivity index is 2.76. The maximum absolute atomic E-state index is 12.1. The molecule has 3 N–H and O–H groups in total. The zero-order valence-corrected chi connectivity index (χ0v) is 13.8. The summed E-state index contributed by atoms with van der Waals surface area (Å²) in [7, 11) is 0. The highest BCUT2D eigenvalue weighted by Gasteiger charge is 2.19. The fraction of sp³-hybridized carbons (Fsp3) is 0.588. The van der Waals surface area contributed by atoms with Crippen LogP contribution in [0.4, 0.5) is 0 Å². The molecule has 0 saturated carbocycles. The Morgan fingerprint density at radius 1 is 1.33 bits per heavy atom. The minimum absolute atomic E-state index is 0.0897. The maximum atomic E-state index is 12.1. The zero-order chi connectivity index (χ0) is 16.0. The van der Waals surface area contributed by atoms with Crippen molar-refractivity contribution >= 4 is 5.91 Å². The molecule has 0 aliphatic rings. The van der Waals surface area contributed by atoms with Crippen LogP contribution in [0.25, 0.3) is 0 Å². The highest BCUT2D eigenvalue weighted by atomic mass is 16.5. The molecule has 0 fully saturated rings. The van der Waals surface area contributed by atoms with Gasteiger partial charge in [-0.2, -0.15) is 0 Å². The van der Waals surface area contributed by atoms with E-state index in [1.165, 1.54) is 0 Å². The predicted octanol–water partition coefficient (Wildman–Crippen LogP) is 3.09. The molecule has 0 heterocycles. The van der Waals surface area contributed by atoms with E-state index in [-0.39, 0.29) is 18.0 Å². The minimum Gasteiger partial charge on any atom is -0.481 e. The van der Waals surface area contributed by atoms with E-state index in [0.717, 1.165) is 24.0 Å². The molecular formula is C17H28N2O2. The van der Waals surface area contributed by atoms with Gasteiger partial charge in [-0.05, 0) is 45.7 Å². The summed E-state index contributed by atoms with van der Waals surface area (Å²) in [5, 5.41) is 2.97. The first-order chi connectivity index (χ1) is 9.85. The number of aryl methyl sites for hydroxylation is 1. The standard InChI is InChI=1S/C17H28N2O2/c1-6-7-12(3)19-17(20)14(5)21-16-10-11(2)8-9-15(16)13(4)18/h8-10,12-14H,6-7,18H2,1-5H3,(H,19,20)/t12?,13-,14?/m1/s1. The Kier molecular flexibility index (Phi) is 6.69. The largest absolute Gasteiger partial charge is 0.481 e. The normalized spacial score (nSPS) is 15.1. The molecule has 1 amide bonds. The van der Waals surface area contributed by atoms with Crippen LogP contribution in [-0.2, 0) is 4.79 Å². The van der Waals surface area contributed by atoms with Crippen molar-refractivity contribution in [3.8, 4) is 5.75 Å². The van der Waals surface area contributed by atoms with Gasteiger partial charge in [0.05, 0.1) is 0 Å². The third-order valence-electron chi connectivity index (χ3n) is 3.44. The number of hydrogen-bond acceptors (Lipinski definition) is 3. The van der Waals surface area contributed by atoms with E-state index in [2.05, 4.69) is 12.2 Å².